The van der Waals surface area contributed by atoms with E-state index >= 15 is 0 Å². The first-order valence-corrected chi connectivity index (χ1v) is 25.7. The molecule has 0 aliphatic rings. The Hall–Kier alpha value is -2.77. The first-order valence-electron chi connectivity index (χ1n) is 25.7. The van der Waals surface area contributed by atoms with Gasteiger partial charge in [0.05, 0.1) is 25.2 Å². The average molecular weight is 914 g/mol. The molecular formula is C51H95NO12. The van der Waals surface area contributed by atoms with Gasteiger partial charge < -0.3 is 38.4 Å². The van der Waals surface area contributed by atoms with Crippen molar-refractivity contribution in [2.24, 2.45) is 11.3 Å². The molecule has 376 valence electrons. The van der Waals surface area contributed by atoms with Crippen LogP contribution in [0.5, 0.6) is 0 Å². The third kappa shape index (κ3) is 35.5. The summed E-state index contributed by atoms with van der Waals surface area (Å²) in [5.74, 6) is -1.72. The van der Waals surface area contributed by atoms with Crippen LogP contribution in [0.15, 0.2) is 0 Å². The van der Waals surface area contributed by atoms with Gasteiger partial charge in [0.25, 0.3) is 0 Å². The molecule has 0 rings (SSSR count). The Labute approximate surface area is 389 Å². The van der Waals surface area contributed by atoms with Crippen molar-refractivity contribution in [2.45, 2.75) is 234 Å². The Kier molecular flexibility index (Phi) is 39.8. The molecule has 0 aromatic rings. The van der Waals surface area contributed by atoms with Crippen molar-refractivity contribution in [3.05, 3.63) is 0 Å². The molecule has 2 unspecified atom stereocenters. The molecule has 2 atom stereocenters. The van der Waals surface area contributed by atoms with Gasteiger partial charge in [-0.1, -0.05) is 112 Å². The highest BCUT2D eigenvalue weighted by molar-refractivity contribution is 5.71. The zero-order valence-electron chi connectivity index (χ0n) is 41.9. The van der Waals surface area contributed by atoms with Gasteiger partial charge in [-0.25, -0.2) is 0 Å². The number of aliphatic hydroxyl groups is 1. The molecule has 0 bridgehead atoms. The van der Waals surface area contributed by atoms with Crippen molar-refractivity contribution >= 4 is 29.8 Å². The summed E-state index contributed by atoms with van der Waals surface area (Å²) in [5, 5.41) is 11.0. The Morgan fingerprint density at radius 1 is 0.469 bits per heavy atom. The fourth-order valence-corrected chi connectivity index (χ4v) is 7.37. The minimum atomic E-state index is -1.32. The molecule has 13 heteroatoms. The second kappa shape index (κ2) is 41.6. The van der Waals surface area contributed by atoms with Gasteiger partial charge in [0, 0.05) is 38.1 Å². The zero-order valence-corrected chi connectivity index (χ0v) is 41.9. The number of carbonyl (C=O) groups is 5. The lowest BCUT2D eigenvalue weighted by molar-refractivity contribution is -0.182. The number of nitrogens with zero attached hydrogens (tertiary/aromatic N) is 1. The summed E-state index contributed by atoms with van der Waals surface area (Å²) in [5.41, 5.74) is -1.32. The number of hydrogen-bond acceptors (Lipinski definition) is 13. The molecule has 0 saturated carbocycles. The van der Waals surface area contributed by atoms with E-state index in [4.69, 9.17) is 28.4 Å². The lowest BCUT2D eigenvalue weighted by atomic mass is 9.91. The number of carbonyl (C=O) groups excluding carboxylic acids is 5. The van der Waals surface area contributed by atoms with Gasteiger partial charge in [-0.2, -0.15) is 0 Å². The number of ether oxygens (including phenoxy) is 6. The summed E-state index contributed by atoms with van der Waals surface area (Å²) in [6.07, 6.45) is 18.8. The number of hydrogen-bond donors (Lipinski definition) is 1. The van der Waals surface area contributed by atoms with Crippen LogP contribution in [-0.4, -0.2) is 105 Å². The minimum absolute atomic E-state index is 0.0467. The van der Waals surface area contributed by atoms with E-state index in [9.17, 15) is 29.1 Å². The first-order chi connectivity index (χ1) is 30.8. The van der Waals surface area contributed by atoms with E-state index in [0.717, 1.165) is 116 Å². The molecule has 0 spiro atoms. The fourth-order valence-electron chi connectivity index (χ4n) is 7.37. The molecule has 64 heavy (non-hydrogen) atoms. The molecule has 0 saturated heterocycles. The highest BCUT2D eigenvalue weighted by Crippen LogP contribution is 2.26. The molecule has 1 N–H and O–H groups in total. The van der Waals surface area contributed by atoms with E-state index in [-0.39, 0.29) is 88.8 Å². The Balaban J connectivity index is 5.96. The van der Waals surface area contributed by atoms with E-state index in [0.29, 0.717) is 51.4 Å². The number of esters is 5. The summed E-state index contributed by atoms with van der Waals surface area (Å²) in [4.78, 5) is 66.6. The number of unbranched alkanes of at least 4 members (excludes halogenated alkanes) is 12. The van der Waals surface area contributed by atoms with Crippen LogP contribution in [-0.2, 0) is 52.4 Å². The van der Waals surface area contributed by atoms with E-state index in [1.807, 2.05) is 0 Å². The normalized spacial score (nSPS) is 12.9. The molecule has 0 aliphatic carbocycles. The highest BCUT2D eigenvalue weighted by Gasteiger charge is 2.37. The van der Waals surface area contributed by atoms with Crippen LogP contribution in [0.1, 0.15) is 222 Å². The molecule has 13 nitrogen and oxygen atoms in total. The van der Waals surface area contributed by atoms with E-state index in [1.165, 1.54) is 0 Å². The second-order valence-corrected chi connectivity index (χ2v) is 18.2. The maximum Gasteiger partial charge on any atom is 0.306 e. The number of aliphatic hydroxyl groups excluding tert-OH is 1. The Morgan fingerprint density at radius 2 is 0.875 bits per heavy atom. The van der Waals surface area contributed by atoms with Crippen LogP contribution in [0.25, 0.3) is 0 Å². The van der Waals surface area contributed by atoms with Crippen molar-refractivity contribution in [3.8, 4) is 0 Å². The lowest BCUT2D eigenvalue weighted by Crippen LogP contribution is -2.44. The second-order valence-electron chi connectivity index (χ2n) is 18.2. The van der Waals surface area contributed by atoms with Crippen molar-refractivity contribution in [2.75, 3.05) is 52.7 Å². The predicted molar refractivity (Wildman–Crippen MR) is 252 cm³/mol. The molecule has 0 heterocycles. The van der Waals surface area contributed by atoms with Crippen LogP contribution >= 0.6 is 0 Å². The molecular weight excluding hydrogens is 819 g/mol. The van der Waals surface area contributed by atoms with Gasteiger partial charge in [0.1, 0.15) is 19.8 Å². The minimum Gasteiger partial charge on any atom is -0.466 e. The number of rotatable bonds is 45. The topological polar surface area (TPSA) is 164 Å². The van der Waals surface area contributed by atoms with Gasteiger partial charge in [-0.3, -0.25) is 24.0 Å². The van der Waals surface area contributed by atoms with Crippen molar-refractivity contribution < 1.29 is 57.5 Å². The lowest BCUT2D eigenvalue weighted by Gasteiger charge is -2.33. The van der Waals surface area contributed by atoms with Crippen LogP contribution in [0.3, 0.4) is 0 Å². The highest BCUT2D eigenvalue weighted by atomic mass is 16.6. The van der Waals surface area contributed by atoms with E-state index < -0.39 is 23.6 Å². The maximum atomic E-state index is 13.5. The maximum absolute atomic E-state index is 13.5. The fraction of sp³-hybridized carbons (Fsp3) is 0.902. The third-order valence-electron chi connectivity index (χ3n) is 11.7. The van der Waals surface area contributed by atoms with Gasteiger partial charge >= 0.3 is 29.8 Å². The standard InChI is InChI=1S/C51H95NO12/c1-8-13-17-25-36-59-45(53)30-21-23-32-47(55)61-39-51(41-63-49(57)34-27-35-52(12-5)43(6)7,42-64-50(58)38-44(28-19-15-10-3)29-20-16-11-4)40-62-48(56)33-24-22-31-46(54)60-37-26-18-14-9-2/h43-44,47,55H,8-42H2,1-7H3. The van der Waals surface area contributed by atoms with Gasteiger partial charge in [0.2, 0.25) is 0 Å². The van der Waals surface area contributed by atoms with Crippen LogP contribution in [0, 0.1) is 11.3 Å². The molecule has 0 fully saturated rings. The van der Waals surface area contributed by atoms with Gasteiger partial charge in [0.15, 0.2) is 6.29 Å². The largest absolute Gasteiger partial charge is 0.466 e. The van der Waals surface area contributed by atoms with Gasteiger partial charge in [-0.15, -0.1) is 0 Å². The van der Waals surface area contributed by atoms with Crippen molar-refractivity contribution in [1.82, 2.24) is 4.90 Å². The van der Waals surface area contributed by atoms with Crippen molar-refractivity contribution in [1.29, 1.82) is 0 Å². The molecule has 0 aromatic carbocycles. The molecule has 0 radical (unpaired) electrons. The summed E-state index contributed by atoms with van der Waals surface area (Å²) in [6.45, 7) is 16.2. The summed E-state index contributed by atoms with van der Waals surface area (Å²) in [6, 6.07) is 0.336. The Bertz CT molecular complexity index is 1170. The SMILES string of the molecule is CCCCCCOC(=O)CCCCC(=O)OCC(COC(=O)CCCN(CC)C(C)C)(COC(=O)CC(CCCCC)CCCCC)COC(O)CCCCC(=O)OCCCCCC. The Morgan fingerprint density at radius 3 is 1.33 bits per heavy atom. The quantitative estimate of drug-likeness (QED) is 0.0266. The molecule has 0 aliphatic heterocycles. The monoisotopic (exact) mass is 914 g/mol. The summed E-state index contributed by atoms with van der Waals surface area (Å²) >= 11 is 0. The third-order valence-corrected chi connectivity index (χ3v) is 11.7. The first kappa shape index (κ1) is 61.2. The van der Waals surface area contributed by atoms with E-state index in [1.54, 1.807) is 0 Å². The van der Waals surface area contributed by atoms with Crippen molar-refractivity contribution in [3.63, 3.8) is 0 Å². The predicted octanol–water partition coefficient (Wildman–Crippen LogP) is 11.0. The van der Waals surface area contributed by atoms with E-state index in [2.05, 4.69) is 53.4 Å². The van der Waals surface area contributed by atoms with Crippen LogP contribution < -0.4 is 0 Å². The summed E-state index contributed by atoms with van der Waals surface area (Å²) in [7, 11) is 0. The van der Waals surface area contributed by atoms with Crippen LogP contribution in [0.2, 0.25) is 0 Å². The smallest absolute Gasteiger partial charge is 0.306 e. The average Bonchev–Trinajstić information content (AvgIpc) is 3.27. The van der Waals surface area contributed by atoms with Gasteiger partial charge in [-0.05, 0) is 97.1 Å². The van der Waals surface area contributed by atoms with Crippen LogP contribution in [0.4, 0.5) is 0 Å². The molecule has 0 amide bonds. The summed E-state index contributed by atoms with van der Waals surface area (Å²) < 4.78 is 34.2. The zero-order chi connectivity index (χ0) is 47.7. The molecule has 0 aromatic heterocycles.